The smallest absolute Gasteiger partial charge is 0.0621 e. The summed E-state index contributed by atoms with van der Waals surface area (Å²) >= 11 is 0. The first-order chi connectivity index (χ1) is 9.22. The van der Waals surface area contributed by atoms with E-state index in [1.807, 2.05) is 12.1 Å². The summed E-state index contributed by atoms with van der Waals surface area (Å²) in [5.74, 6) is 0.924. The van der Waals surface area contributed by atoms with Gasteiger partial charge in [0.25, 0.3) is 0 Å². The van der Waals surface area contributed by atoms with E-state index in [1.165, 1.54) is 36.8 Å². The van der Waals surface area contributed by atoms with E-state index in [0.717, 1.165) is 18.8 Å². The van der Waals surface area contributed by atoms with Gasteiger partial charge in [-0.3, -0.25) is 0 Å². The third-order valence-corrected chi connectivity index (χ3v) is 4.65. The van der Waals surface area contributed by atoms with Crippen molar-refractivity contribution in [1.29, 1.82) is 0 Å². The second-order valence-corrected chi connectivity index (χ2v) is 5.99. The van der Waals surface area contributed by atoms with Crippen LogP contribution in [-0.4, -0.2) is 17.8 Å². The highest BCUT2D eigenvalue weighted by atomic mass is 16.3. The van der Waals surface area contributed by atoms with E-state index in [0.29, 0.717) is 6.54 Å². The van der Waals surface area contributed by atoms with Crippen LogP contribution in [0.5, 0.6) is 0 Å². The Balaban J connectivity index is 1.94. The predicted molar refractivity (Wildman–Crippen MR) is 80.2 cm³/mol. The largest absolute Gasteiger partial charge is 0.392 e. The number of rotatable bonds is 6. The lowest BCUT2D eigenvalue weighted by atomic mass is 9.86. The van der Waals surface area contributed by atoms with Gasteiger partial charge >= 0.3 is 0 Å². The van der Waals surface area contributed by atoms with Crippen LogP contribution in [-0.2, 0) is 0 Å². The molecule has 2 unspecified atom stereocenters. The molecule has 0 aromatic heterocycles. The van der Waals surface area contributed by atoms with E-state index in [2.05, 4.69) is 19.1 Å². The van der Waals surface area contributed by atoms with Crippen LogP contribution in [0.1, 0.15) is 55.6 Å². The molecule has 1 aliphatic rings. The lowest BCUT2D eigenvalue weighted by Crippen LogP contribution is -2.27. The van der Waals surface area contributed by atoms with Gasteiger partial charge in [0, 0.05) is 12.5 Å². The van der Waals surface area contributed by atoms with Crippen LogP contribution < -0.4 is 5.73 Å². The van der Waals surface area contributed by atoms with Gasteiger partial charge in [-0.1, -0.05) is 49.9 Å². The molecule has 1 aromatic carbocycles. The number of aliphatic hydroxyl groups excluding tert-OH is 1. The zero-order valence-electron chi connectivity index (χ0n) is 12.0. The maximum atomic E-state index is 10.5. The van der Waals surface area contributed by atoms with E-state index >= 15 is 0 Å². The Morgan fingerprint density at radius 3 is 2.58 bits per heavy atom. The third kappa shape index (κ3) is 3.80. The molecule has 2 atom stereocenters. The summed E-state index contributed by atoms with van der Waals surface area (Å²) in [6, 6.07) is 8.28. The highest BCUT2D eigenvalue weighted by Gasteiger charge is 2.23. The Bertz CT molecular complexity index is 385. The predicted octanol–water partition coefficient (Wildman–Crippen LogP) is 3.37. The molecular weight excluding hydrogens is 234 g/mol. The monoisotopic (exact) mass is 261 g/mol. The maximum Gasteiger partial charge on any atom is 0.0621 e. The molecule has 0 bridgehead atoms. The van der Waals surface area contributed by atoms with Crippen LogP contribution in [0.15, 0.2) is 24.3 Å². The van der Waals surface area contributed by atoms with Crippen molar-refractivity contribution in [2.45, 2.75) is 57.5 Å². The number of hydrogen-bond donors (Lipinski definition) is 2. The van der Waals surface area contributed by atoms with Gasteiger partial charge in [-0.05, 0) is 36.8 Å². The van der Waals surface area contributed by atoms with Gasteiger partial charge in [0.15, 0.2) is 0 Å². The van der Waals surface area contributed by atoms with Gasteiger partial charge in [-0.25, -0.2) is 0 Å². The Morgan fingerprint density at radius 2 is 1.95 bits per heavy atom. The van der Waals surface area contributed by atoms with E-state index in [-0.39, 0.29) is 12.0 Å². The van der Waals surface area contributed by atoms with Gasteiger partial charge in [0.1, 0.15) is 0 Å². The third-order valence-electron chi connectivity index (χ3n) is 4.65. The molecule has 2 heteroatoms. The first kappa shape index (κ1) is 14.5. The van der Waals surface area contributed by atoms with Gasteiger partial charge in [0.05, 0.1) is 6.10 Å². The summed E-state index contributed by atoms with van der Waals surface area (Å²) in [6.07, 6.45) is 7.20. The molecule has 106 valence electrons. The van der Waals surface area contributed by atoms with Gasteiger partial charge in [0.2, 0.25) is 0 Å². The van der Waals surface area contributed by atoms with E-state index in [1.54, 1.807) is 0 Å². The lowest BCUT2D eigenvalue weighted by Gasteiger charge is -2.24. The summed E-state index contributed by atoms with van der Waals surface area (Å²) in [4.78, 5) is 0. The number of benzene rings is 1. The minimum Gasteiger partial charge on any atom is -0.392 e. The summed E-state index contributed by atoms with van der Waals surface area (Å²) in [6.45, 7) is 2.62. The van der Waals surface area contributed by atoms with Crippen molar-refractivity contribution in [2.75, 3.05) is 6.54 Å². The fraction of sp³-hybridized carbons (Fsp3) is 0.647. The number of hydrogen-bond acceptors (Lipinski definition) is 2. The van der Waals surface area contributed by atoms with Crippen LogP contribution in [0.3, 0.4) is 0 Å². The Labute approximate surface area is 117 Å². The molecule has 2 nitrogen and oxygen atoms in total. The SMILES string of the molecule is Cc1ccccc1C(CN)C(O)CCC1CCCC1. The summed E-state index contributed by atoms with van der Waals surface area (Å²) in [5.41, 5.74) is 8.34. The first-order valence-electron chi connectivity index (χ1n) is 7.66. The Hall–Kier alpha value is -0.860. The molecule has 1 aromatic rings. The number of aryl methyl sites for hydroxylation is 1. The summed E-state index contributed by atoms with van der Waals surface area (Å²) in [7, 11) is 0. The second-order valence-electron chi connectivity index (χ2n) is 5.99. The molecule has 0 spiro atoms. The molecule has 0 saturated heterocycles. The van der Waals surface area contributed by atoms with Crippen molar-refractivity contribution < 1.29 is 5.11 Å². The lowest BCUT2D eigenvalue weighted by molar-refractivity contribution is 0.127. The van der Waals surface area contributed by atoms with Crippen molar-refractivity contribution in [3.05, 3.63) is 35.4 Å². The molecule has 2 rings (SSSR count). The van der Waals surface area contributed by atoms with Gasteiger partial charge in [-0.15, -0.1) is 0 Å². The van der Waals surface area contributed by atoms with Crippen molar-refractivity contribution in [3.63, 3.8) is 0 Å². The standard InChI is InChI=1S/C17H27NO/c1-13-6-2-5-9-15(13)16(12-18)17(19)11-10-14-7-3-4-8-14/h2,5-6,9,14,16-17,19H,3-4,7-8,10-12,18H2,1H3. The highest BCUT2D eigenvalue weighted by molar-refractivity contribution is 5.30. The first-order valence-corrected chi connectivity index (χ1v) is 7.66. The van der Waals surface area contributed by atoms with E-state index in [9.17, 15) is 5.11 Å². The number of nitrogens with two attached hydrogens (primary N) is 1. The molecule has 1 fully saturated rings. The zero-order chi connectivity index (χ0) is 13.7. The molecular formula is C17H27NO. The average molecular weight is 261 g/mol. The van der Waals surface area contributed by atoms with Crippen molar-refractivity contribution in [1.82, 2.24) is 0 Å². The van der Waals surface area contributed by atoms with Crippen LogP contribution in [0.25, 0.3) is 0 Å². The maximum absolute atomic E-state index is 10.5. The Kier molecular flexibility index (Phi) is 5.41. The fourth-order valence-electron chi connectivity index (χ4n) is 3.40. The zero-order valence-corrected chi connectivity index (χ0v) is 12.0. The molecule has 1 saturated carbocycles. The van der Waals surface area contributed by atoms with Crippen LogP contribution in [0.2, 0.25) is 0 Å². The average Bonchev–Trinajstić information content (AvgIpc) is 2.92. The van der Waals surface area contributed by atoms with E-state index in [4.69, 9.17) is 5.73 Å². The molecule has 19 heavy (non-hydrogen) atoms. The van der Waals surface area contributed by atoms with Crippen molar-refractivity contribution >= 4 is 0 Å². The summed E-state index contributed by atoms with van der Waals surface area (Å²) < 4.78 is 0. The normalized spacial score (nSPS) is 19.5. The van der Waals surface area contributed by atoms with Crippen LogP contribution >= 0.6 is 0 Å². The molecule has 0 heterocycles. The Morgan fingerprint density at radius 1 is 1.26 bits per heavy atom. The highest BCUT2D eigenvalue weighted by Crippen LogP contribution is 2.31. The van der Waals surface area contributed by atoms with Crippen LogP contribution in [0, 0.1) is 12.8 Å². The van der Waals surface area contributed by atoms with Crippen LogP contribution in [0.4, 0.5) is 0 Å². The second kappa shape index (κ2) is 7.06. The molecule has 0 aliphatic heterocycles. The molecule has 0 amide bonds. The molecule has 1 aliphatic carbocycles. The number of aliphatic hydroxyl groups is 1. The van der Waals surface area contributed by atoms with Gasteiger partial charge < -0.3 is 10.8 Å². The van der Waals surface area contributed by atoms with Crippen molar-refractivity contribution in [3.8, 4) is 0 Å². The minimum absolute atomic E-state index is 0.0857. The summed E-state index contributed by atoms with van der Waals surface area (Å²) in [5, 5.41) is 10.5. The van der Waals surface area contributed by atoms with Crippen molar-refractivity contribution in [2.24, 2.45) is 11.7 Å². The quantitative estimate of drug-likeness (QED) is 0.824. The molecule has 3 N–H and O–H groups in total. The fourth-order valence-corrected chi connectivity index (χ4v) is 3.40. The molecule has 0 radical (unpaired) electrons. The van der Waals surface area contributed by atoms with E-state index < -0.39 is 0 Å². The minimum atomic E-state index is -0.299. The topological polar surface area (TPSA) is 46.2 Å². The van der Waals surface area contributed by atoms with Gasteiger partial charge in [-0.2, -0.15) is 0 Å².